The second-order valence-electron chi connectivity index (χ2n) is 9.36. The van der Waals surface area contributed by atoms with Crippen LogP contribution in [0.1, 0.15) is 11.1 Å². The molecule has 3 heteroatoms. The maximum atomic E-state index is 6.39. The van der Waals surface area contributed by atoms with Crippen molar-refractivity contribution in [1.29, 1.82) is 0 Å². The first-order valence-corrected chi connectivity index (χ1v) is 12.2. The number of aryl methyl sites for hydroxylation is 2. The molecule has 0 spiro atoms. The van der Waals surface area contributed by atoms with E-state index in [4.69, 9.17) is 9.40 Å². The van der Waals surface area contributed by atoms with E-state index in [9.17, 15) is 0 Å². The third kappa shape index (κ3) is 3.10. The van der Waals surface area contributed by atoms with E-state index in [0.29, 0.717) is 0 Å². The first kappa shape index (κ1) is 20.7. The summed E-state index contributed by atoms with van der Waals surface area (Å²) < 4.78 is 8.65. The first-order chi connectivity index (χ1) is 17.7. The number of para-hydroxylation sites is 5. The van der Waals surface area contributed by atoms with Crippen molar-refractivity contribution in [3.63, 3.8) is 0 Å². The summed E-state index contributed by atoms with van der Waals surface area (Å²) >= 11 is 0. The summed E-state index contributed by atoms with van der Waals surface area (Å²) in [6.07, 6.45) is 0. The fourth-order valence-electron chi connectivity index (χ4n) is 5.39. The molecule has 0 N–H and O–H groups in total. The van der Waals surface area contributed by atoms with Crippen LogP contribution in [0.15, 0.2) is 114 Å². The number of fused-ring (bicyclic) bond motifs is 4. The molecular weight excluding hydrogens is 440 g/mol. The maximum absolute atomic E-state index is 6.39. The van der Waals surface area contributed by atoms with Gasteiger partial charge in [0.15, 0.2) is 0 Å². The Morgan fingerprint density at radius 2 is 1.33 bits per heavy atom. The maximum Gasteiger partial charge on any atom is 0.146 e. The standard InChI is InChI=1S/C33H24N2O/c1-21-19-22(2)28(33-34-29-16-7-8-17-30(29)35(33)23-11-4-3-5-12-23)20-27(21)26-15-10-14-25-24-13-6-9-18-31(24)36-32(25)26/h3-20H,1-2H3. The van der Waals surface area contributed by atoms with Gasteiger partial charge in [0, 0.05) is 27.6 Å². The predicted molar refractivity (Wildman–Crippen MR) is 149 cm³/mol. The van der Waals surface area contributed by atoms with Crippen molar-refractivity contribution >= 4 is 33.0 Å². The van der Waals surface area contributed by atoms with Gasteiger partial charge in [-0.05, 0) is 66.9 Å². The lowest BCUT2D eigenvalue weighted by atomic mass is 9.93. The molecule has 172 valence electrons. The van der Waals surface area contributed by atoms with Gasteiger partial charge in [0.2, 0.25) is 0 Å². The van der Waals surface area contributed by atoms with E-state index >= 15 is 0 Å². The van der Waals surface area contributed by atoms with Gasteiger partial charge in [-0.1, -0.05) is 72.8 Å². The molecule has 0 aliphatic carbocycles. The normalized spacial score (nSPS) is 11.6. The number of nitrogens with zero attached hydrogens (tertiary/aromatic N) is 2. The Balaban J connectivity index is 1.51. The van der Waals surface area contributed by atoms with Gasteiger partial charge in [-0.3, -0.25) is 4.57 Å². The number of aromatic nitrogens is 2. The largest absolute Gasteiger partial charge is 0.455 e. The lowest BCUT2D eigenvalue weighted by Gasteiger charge is -2.15. The molecule has 0 aliphatic rings. The van der Waals surface area contributed by atoms with Crippen molar-refractivity contribution in [3.05, 3.63) is 120 Å². The highest BCUT2D eigenvalue weighted by molar-refractivity contribution is 6.09. The van der Waals surface area contributed by atoms with Crippen LogP contribution in [0.25, 0.3) is 61.2 Å². The van der Waals surface area contributed by atoms with E-state index in [1.165, 1.54) is 11.1 Å². The van der Waals surface area contributed by atoms with Gasteiger partial charge in [-0.25, -0.2) is 4.98 Å². The molecule has 0 atom stereocenters. The number of benzene rings is 5. The van der Waals surface area contributed by atoms with Gasteiger partial charge in [0.05, 0.1) is 11.0 Å². The summed E-state index contributed by atoms with van der Waals surface area (Å²) in [5.74, 6) is 0.943. The molecular formula is C33H24N2O. The molecule has 7 aromatic rings. The summed E-state index contributed by atoms with van der Waals surface area (Å²) in [7, 11) is 0. The summed E-state index contributed by atoms with van der Waals surface area (Å²) in [6.45, 7) is 4.34. The Morgan fingerprint density at radius 3 is 2.22 bits per heavy atom. The lowest BCUT2D eigenvalue weighted by molar-refractivity contribution is 0.670. The molecule has 3 nitrogen and oxygen atoms in total. The number of rotatable bonds is 3. The predicted octanol–water partition coefficient (Wildman–Crippen LogP) is 8.88. The van der Waals surface area contributed by atoms with Crippen molar-refractivity contribution < 1.29 is 4.42 Å². The van der Waals surface area contributed by atoms with E-state index in [1.807, 2.05) is 24.3 Å². The Labute approximate surface area is 209 Å². The van der Waals surface area contributed by atoms with Gasteiger partial charge in [-0.2, -0.15) is 0 Å². The third-order valence-electron chi connectivity index (χ3n) is 7.08. The second kappa shape index (κ2) is 7.96. The van der Waals surface area contributed by atoms with Crippen LogP contribution in [0.4, 0.5) is 0 Å². The monoisotopic (exact) mass is 464 g/mol. The molecule has 7 rings (SSSR count). The molecule has 2 heterocycles. The van der Waals surface area contributed by atoms with Crippen molar-refractivity contribution in [2.24, 2.45) is 0 Å². The lowest BCUT2D eigenvalue weighted by Crippen LogP contribution is -1.99. The highest BCUT2D eigenvalue weighted by Crippen LogP contribution is 2.40. The van der Waals surface area contributed by atoms with Crippen LogP contribution in [-0.4, -0.2) is 9.55 Å². The number of hydrogen-bond donors (Lipinski definition) is 0. The van der Waals surface area contributed by atoms with E-state index in [0.717, 1.165) is 61.2 Å². The smallest absolute Gasteiger partial charge is 0.146 e. The summed E-state index contributed by atoms with van der Waals surface area (Å²) in [4.78, 5) is 5.12. The molecule has 0 fully saturated rings. The van der Waals surface area contributed by atoms with Gasteiger partial charge in [0.25, 0.3) is 0 Å². The Hall–Kier alpha value is -4.63. The molecule has 2 aromatic heterocycles. The zero-order chi connectivity index (χ0) is 24.2. The molecule has 0 saturated carbocycles. The molecule has 36 heavy (non-hydrogen) atoms. The Kier molecular flexibility index (Phi) is 4.58. The molecule has 5 aromatic carbocycles. The van der Waals surface area contributed by atoms with E-state index in [1.54, 1.807) is 0 Å². The molecule has 0 amide bonds. The molecule has 0 bridgehead atoms. The second-order valence-corrected chi connectivity index (χ2v) is 9.36. The number of furan rings is 1. The fraction of sp³-hybridized carbons (Fsp3) is 0.0606. The van der Waals surface area contributed by atoms with E-state index < -0.39 is 0 Å². The average Bonchev–Trinajstić information content (AvgIpc) is 3.48. The highest BCUT2D eigenvalue weighted by atomic mass is 16.3. The zero-order valence-electron chi connectivity index (χ0n) is 20.2. The third-order valence-corrected chi connectivity index (χ3v) is 7.08. The number of imidazole rings is 1. The Bertz CT molecular complexity index is 1910. The summed E-state index contributed by atoms with van der Waals surface area (Å²) in [5.41, 5.74) is 10.8. The fourth-order valence-corrected chi connectivity index (χ4v) is 5.39. The number of hydrogen-bond acceptors (Lipinski definition) is 2. The van der Waals surface area contributed by atoms with Crippen LogP contribution in [0.5, 0.6) is 0 Å². The van der Waals surface area contributed by atoms with Gasteiger partial charge < -0.3 is 4.42 Å². The topological polar surface area (TPSA) is 31.0 Å². The van der Waals surface area contributed by atoms with Crippen LogP contribution in [0, 0.1) is 13.8 Å². The van der Waals surface area contributed by atoms with Gasteiger partial charge >= 0.3 is 0 Å². The first-order valence-electron chi connectivity index (χ1n) is 12.2. The quantitative estimate of drug-likeness (QED) is 0.261. The summed E-state index contributed by atoms with van der Waals surface area (Å²) in [6, 6.07) is 38.0. The SMILES string of the molecule is Cc1cc(C)c(-c2nc3ccccc3n2-c2ccccc2)cc1-c1cccc2c1oc1ccccc12. The van der Waals surface area contributed by atoms with Crippen molar-refractivity contribution in [2.45, 2.75) is 13.8 Å². The van der Waals surface area contributed by atoms with Crippen LogP contribution in [-0.2, 0) is 0 Å². The van der Waals surface area contributed by atoms with Crippen LogP contribution in [0.2, 0.25) is 0 Å². The molecule has 0 saturated heterocycles. The van der Waals surface area contributed by atoms with E-state index in [-0.39, 0.29) is 0 Å². The molecule has 0 unspecified atom stereocenters. The highest BCUT2D eigenvalue weighted by Gasteiger charge is 2.19. The zero-order valence-corrected chi connectivity index (χ0v) is 20.2. The van der Waals surface area contributed by atoms with Crippen LogP contribution < -0.4 is 0 Å². The minimum Gasteiger partial charge on any atom is -0.455 e. The average molecular weight is 465 g/mol. The van der Waals surface area contributed by atoms with Crippen LogP contribution >= 0.6 is 0 Å². The van der Waals surface area contributed by atoms with Gasteiger partial charge in [0.1, 0.15) is 17.0 Å². The van der Waals surface area contributed by atoms with Gasteiger partial charge in [-0.15, -0.1) is 0 Å². The van der Waals surface area contributed by atoms with Crippen molar-refractivity contribution in [1.82, 2.24) is 9.55 Å². The van der Waals surface area contributed by atoms with Crippen LogP contribution in [0.3, 0.4) is 0 Å². The molecule has 0 radical (unpaired) electrons. The minimum absolute atomic E-state index is 0.913. The summed E-state index contributed by atoms with van der Waals surface area (Å²) in [5, 5.41) is 2.28. The van der Waals surface area contributed by atoms with Crippen molar-refractivity contribution in [3.8, 4) is 28.2 Å². The Morgan fingerprint density at radius 1 is 0.611 bits per heavy atom. The van der Waals surface area contributed by atoms with Crippen molar-refractivity contribution in [2.75, 3.05) is 0 Å². The van der Waals surface area contributed by atoms with E-state index in [2.05, 4.69) is 103 Å². The molecule has 0 aliphatic heterocycles. The minimum atomic E-state index is 0.913.